The van der Waals surface area contributed by atoms with Gasteiger partial charge in [-0.15, -0.1) is 0 Å². The second-order valence-corrected chi connectivity index (χ2v) is 1.68. The van der Waals surface area contributed by atoms with Crippen molar-refractivity contribution in [1.82, 2.24) is 5.48 Å². The molecular weight excluding hydrogens is 150 g/mol. The molecule has 0 aliphatic rings. The van der Waals surface area contributed by atoms with E-state index in [1.807, 2.05) is 0 Å². The molecule has 0 aliphatic carbocycles. The molecule has 0 rings (SSSR count). The third-order valence-corrected chi connectivity index (χ3v) is 0.0913. The van der Waals surface area contributed by atoms with Crippen LogP contribution in [0.2, 0.25) is 0 Å². The molecule has 0 aromatic rings. The summed E-state index contributed by atoms with van der Waals surface area (Å²) in [7, 11) is -4.67. The van der Waals surface area contributed by atoms with Crippen LogP contribution in [0.4, 0.5) is 0 Å². The van der Waals surface area contributed by atoms with Crippen molar-refractivity contribution in [3.63, 3.8) is 0 Å². The molecule has 0 aliphatic heterocycles. The highest BCUT2D eigenvalue weighted by Gasteiger charge is 1.84. The zero-order chi connectivity index (χ0) is 7.91. The second kappa shape index (κ2) is 5.51. The summed E-state index contributed by atoms with van der Waals surface area (Å²) in [6.45, 7) is 3.12. The van der Waals surface area contributed by atoms with Gasteiger partial charge in [0.25, 0.3) is 0 Å². The Morgan fingerprint density at radius 2 is 1.56 bits per heavy atom. The van der Waals surface area contributed by atoms with Crippen LogP contribution >= 0.6 is 0 Å². The maximum Gasteiger partial charge on any atom is 0.394 e. The monoisotopic (exact) mass is 157 g/mol. The molecule has 0 aromatic heterocycles. The van der Waals surface area contributed by atoms with Gasteiger partial charge in [-0.25, -0.2) is 0 Å². The van der Waals surface area contributed by atoms with Crippen molar-refractivity contribution in [2.24, 2.45) is 0 Å². The molecule has 0 saturated heterocycles. The lowest BCUT2D eigenvalue weighted by Gasteiger charge is -1.70. The molecule has 56 valence electrons. The highest BCUT2D eigenvalue weighted by atomic mass is 32.3. The fourth-order valence-electron chi connectivity index (χ4n) is 0. The Kier molecular flexibility index (Phi) is 6.85. The molecule has 0 saturated carbocycles. The average Bonchev–Trinajstić information content (AvgIpc) is 1.61. The normalized spacial score (nSPS) is 8.78. The van der Waals surface area contributed by atoms with Gasteiger partial charge in [0.05, 0.1) is 0 Å². The quantitative estimate of drug-likeness (QED) is 0.300. The van der Waals surface area contributed by atoms with Crippen LogP contribution in [-0.2, 0) is 10.4 Å². The van der Waals surface area contributed by atoms with Gasteiger partial charge in [0.15, 0.2) is 0 Å². The van der Waals surface area contributed by atoms with E-state index in [1.54, 1.807) is 5.48 Å². The first kappa shape index (κ1) is 11.2. The second-order valence-electron chi connectivity index (χ2n) is 0.781. The van der Waals surface area contributed by atoms with Crippen LogP contribution in [0.5, 0.6) is 0 Å². The van der Waals surface area contributed by atoms with Gasteiger partial charge in [-0.2, -0.15) is 8.42 Å². The van der Waals surface area contributed by atoms with Gasteiger partial charge in [-0.05, 0) is 0 Å². The lowest BCUT2D eigenvalue weighted by Crippen LogP contribution is -1.89. The van der Waals surface area contributed by atoms with Crippen LogP contribution in [0.3, 0.4) is 0 Å². The Hall–Kier alpha value is -0.630. The van der Waals surface area contributed by atoms with Crippen LogP contribution in [0, 0.1) is 0 Å². The molecule has 9 heavy (non-hydrogen) atoms. The van der Waals surface area contributed by atoms with Crippen LogP contribution in [0.15, 0.2) is 12.8 Å². The van der Waals surface area contributed by atoms with E-state index in [2.05, 4.69) is 6.58 Å². The molecule has 0 amide bonds. The first-order valence-corrected chi connectivity index (χ1v) is 3.02. The third-order valence-electron chi connectivity index (χ3n) is 0.0913. The van der Waals surface area contributed by atoms with Crippen molar-refractivity contribution in [2.45, 2.75) is 0 Å². The van der Waals surface area contributed by atoms with Gasteiger partial charge in [0.2, 0.25) is 0 Å². The minimum absolute atomic E-state index is 1.18. The van der Waals surface area contributed by atoms with Crippen LogP contribution in [0.25, 0.3) is 0 Å². The minimum Gasteiger partial charge on any atom is -0.292 e. The minimum atomic E-state index is -4.67. The number of rotatable bonds is 1. The number of hydroxylamine groups is 1. The van der Waals surface area contributed by atoms with Gasteiger partial charge in [-0.1, -0.05) is 6.58 Å². The van der Waals surface area contributed by atoms with E-state index in [-0.39, 0.29) is 0 Å². The maximum atomic E-state index is 8.74. The summed E-state index contributed by atoms with van der Waals surface area (Å²) in [6, 6.07) is 0. The summed E-state index contributed by atoms with van der Waals surface area (Å²) in [6.07, 6.45) is 1.18. The van der Waals surface area contributed by atoms with Gasteiger partial charge >= 0.3 is 10.4 Å². The zero-order valence-electron chi connectivity index (χ0n) is 4.35. The Morgan fingerprint density at radius 3 is 1.56 bits per heavy atom. The molecule has 0 spiro atoms. The maximum absolute atomic E-state index is 8.74. The molecule has 0 radical (unpaired) electrons. The van der Waals surface area contributed by atoms with Gasteiger partial charge in [0.1, 0.15) is 0 Å². The number of hydrogen-bond donors (Lipinski definition) is 4. The lowest BCUT2D eigenvalue weighted by molar-refractivity contribution is 0.215. The van der Waals surface area contributed by atoms with Gasteiger partial charge in [-0.3, -0.25) is 19.8 Å². The van der Waals surface area contributed by atoms with Crippen molar-refractivity contribution in [3.05, 3.63) is 12.8 Å². The molecule has 0 heterocycles. The first-order valence-electron chi connectivity index (χ1n) is 1.62. The first-order chi connectivity index (χ1) is 3.91. The van der Waals surface area contributed by atoms with Crippen molar-refractivity contribution < 1.29 is 22.7 Å². The Morgan fingerprint density at radius 1 is 1.44 bits per heavy atom. The van der Waals surface area contributed by atoms with E-state index in [0.29, 0.717) is 0 Å². The van der Waals surface area contributed by atoms with Crippen molar-refractivity contribution in [2.75, 3.05) is 0 Å². The number of hydrogen-bond acceptors (Lipinski definition) is 4. The van der Waals surface area contributed by atoms with Gasteiger partial charge in [0, 0.05) is 6.20 Å². The summed E-state index contributed by atoms with van der Waals surface area (Å²) in [4.78, 5) is 0. The smallest absolute Gasteiger partial charge is 0.292 e. The fourth-order valence-corrected chi connectivity index (χ4v) is 0. The summed E-state index contributed by atoms with van der Waals surface area (Å²) >= 11 is 0. The molecule has 0 atom stereocenters. The van der Waals surface area contributed by atoms with Crippen LogP contribution < -0.4 is 5.48 Å². The third kappa shape index (κ3) is 1550. The van der Waals surface area contributed by atoms with E-state index in [4.69, 9.17) is 22.7 Å². The predicted molar refractivity (Wildman–Crippen MR) is 29.3 cm³/mol. The van der Waals surface area contributed by atoms with E-state index < -0.39 is 10.4 Å². The number of nitrogens with one attached hydrogen (secondary N) is 1. The Labute approximate surface area is 52.4 Å². The van der Waals surface area contributed by atoms with Crippen LogP contribution in [0.1, 0.15) is 0 Å². The molecular formula is C2H7NO5S. The van der Waals surface area contributed by atoms with E-state index in [9.17, 15) is 0 Å². The van der Waals surface area contributed by atoms with E-state index >= 15 is 0 Å². The lowest BCUT2D eigenvalue weighted by atomic mass is 11.1. The summed E-state index contributed by atoms with van der Waals surface area (Å²) in [5, 5.41) is 7.51. The summed E-state index contributed by atoms with van der Waals surface area (Å²) < 4.78 is 31.6. The zero-order valence-corrected chi connectivity index (χ0v) is 5.17. The molecule has 7 heteroatoms. The van der Waals surface area contributed by atoms with Crippen molar-refractivity contribution >= 4 is 10.4 Å². The molecule has 4 N–H and O–H groups in total. The SMILES string of the molecule is C=CNO.O=S(=O)(O)O. The highest BCUT2D eigenvalue weighted by molar-refractivity contribution is 7.79. The fraction of sp³-hybridized carbons (Fsp3) is 0. The van der Waals surface area contributed by atoms with Gasteiger partial charge < -0.3 is 0 Å². The summed E-state index contributed by atoms with van der Waals surface area (Å²) in [5.74, 6) is 0. The molecule has 0 fully saturated rings. The topological polar surface area (TPSA) is 107 Å². The molecule has 0 aromatic carbocycles. The predicted octanol–water partition coefficient (Wildman–Crippen LogP) is -0.544. The summed E-state index contributed by atoms with van der Waals surface area (Å²) in [5.41, 5.74) is 1.69. The largest absolute Gasteiger partial charge is 0.394 e. The molecule has 0 unspecified atom stereocenters. The van der Waals surface area contributed by atoms with E-state index in [0.717, 1.165) is 0 Å². The highest BCUT2D eigenvalue weighted by Crippen LogP contribution is 1.59. The van der Waals surface area contributed by atoms with Crippen LogP contribution in [-0.4, -0.2) is 22.7 Å². The van der Waals surface area contributed by atoms with E-state index in [1.165, 1.54) is 6.20 Å². The Balaban J connectivity index is 0. The Bertz CT molecular complexity index is 140. The van der Waals surface area contributed by atoms with Crippen molar-refractivity contribution in [3.8, 4) is 0 Å². The molecule has 0 bridgehead atoms. The molecule has 6 nitrogen and oxygen atoms in total. The average molecular weight is 157 g/mol. The standard InChI is InChI=1S/C2H5NO.H2O4S/c1-2-3-4;1-5(2,3)4/h2-4H,1H2;(H2,1,2,3,4). The van der Waals surface area contributed by atoms with Crippen molar-refractivity contribution in [1.29, 1.82) is 0 Å².